The van der Waals surface area contributed by atoms with Crippen LogP contribution < -0.4 is 10.2 Å². The number of rotatable bonds is 4. The molecule has 4 heteroatoms. The SMILES string of the molecule is CN1C[C@@H](CNCc2ccnn2C)Cc2ccccc21. The van der Waals surface area contributed by atoms with Crippen LogP contribution in [0.3, 0.4) is 0 Å². The Morgan fingerprint density at radius 2 is 2.10 bits per heavy atom. The van der Waals surface area contributed by atoms with E-state index in [-0.39, 0.29) is 0 Å². The first-order valence-electron chi connectivity index (χ1n) is 7.20. The van der Waals surface area contributed by atoms with E-state index in [1.165, 1.54) is 23.4 Å². The van der Waals surface area contributed by atoms with E-state index in [0.717, 1.165) is 19.6 Å². The number of anilines is 1. The van der Waals surface area contributed by atoms with Crippen LogP contribution in [0.15, 0.2) is 36.5 Å². The third-order valence-corrected chi connectivity index (χ3v) is 4.11. The van der Waals surface area contributed by atoms with Crippen molar-refractivity contribution in [1.82, 2.24) is 15.1 Å². The van der Waals surface area contributed by atoms with Crippen molar-refractivity contribution >= 4 is 5.69 Å². The Morgan fingerprint density at radius 1 is 1.25 bits per heavy atom. The highest BCUT2D eigenvalue weighted by atomic mass is 15.3. The lowest BCUT2D eigenvalue weighted by Gasteiger charge is -2.33. The Bertz CT molecular complexity index is 575. The van der Waals surface area contributed by atoms with Gasteiger partial charge in [-0.05, 0) is 30.0 Å². The molecular formula is C16H22N4. The van der Waals surface area contributed by atoms with Gasteiger partial charge in [-0.2, -0.15) is 5.10 Å². The molecule has 3 rings (SSSR count). The van der Waals surface area contributed by atoms with E-state index in [2.05, 4.69) is 52.7 Å². The number of aromatic nitrogens is 2. The second-order valence-electron chi connectivity index (χ2n) is 5.66. The number of aryl methyl sites for hydroxylation is 1. The predicted octanol–water partition coefficient (Wildman–Crippen LogP) is 1.82. The lowest BCUT2D eigenvalue weighted by atomic mass is 9.93. The van der Waals surface area contributed by atoms with Crippen molar-refractivity contribution < 1.29 is 0 Å². The van der Waals surface area contributed by atoms with Gasteiger partial charge < -0.3 is 10.2 Å². The normalized spacial score (nSPS) is 18.1. The van der Waals surface area contributed by atoms with E-state index < -0.39 is 0 Å². The molecule has 4 nitrogen and oxygen atoms in total. The van der Waals surface area contributed by atoms with Gasteiger partial charge in [-0.1, -0.05) is 18.2 Å². The summed E-state index contributed by atoms with van der Waals surface area (Å²) in [6.07, 6.45) is 3.01. The summed E-state index contributed by atoms with van der Waals surface area (Å²) in [5, 5.41) is 7.75. The van der Waals surface area contributed by atoms with E-state index in [1.807, 2.05) is 17.9 Å². The molecule has 1 aromatic carbocycles. The molecule has 0 spiro atoms. The first kappa shape index (κ1) is 13.2. The zero-order valence-electron chi connectivity index (χ0n) is 12.2. The van der Waals surface area contributed by atoms with Gasteiger partial charge in [-0.3, -0.25) is 4.68 Å². The Labute approximate surface area is 120 Å². The van der Waals surface area contributed by atoms with Gasteiger partial charge in [0.1, 0.15) is 0 Å². The quantitative estimate of drug-likeness (QED) is 0.920. The van der Waals surface area contributed by atoms with Crippen LogP contribution in [0.2, 0.25) is 0 Å². The molecule has 0 bridgehead atoms. The fourth-order valence-electron chi connectivity index (χ4n) is 3.03. The summed E-state index contributed by atoms with van der Waals surface area (Å²) < 4.78 is 1.93. The summed E-state index contributed by atoms with van der Waals surface area (Å²) in [5.41, 5.74) is 4.08. The topological polar surface area (TPSA) is 33.1 Å². The van der Waals surface area contributed by atoms with Crippen molar-refractivity contribution in [2.24, 2.45) is 13.0 Å². The number of hydrogen-bond donors (Lipinski definition) is 1. The fraction of sp³-hybridized carbons (Fsp3) is 0.438. The first-order chi connectivity index (χ1) is 9.74. The highest BCUT2D eigenvalue weighted by Gasteiger charge is 2.21. The average molecular weight is 270 g/mol. The van der Waals surface area contributed by atoms with Gasteiger partial charge in [0.25, 0.3) is 0 Å². The van der Waals surface area contributed by atoms with E-state index in [4.69, 9.17) is 0 Å². The minimum atomic E-state index is 0.670. The molecule has 2 aromatic rings. The largest absolute Gasteiger partial charge is 0.374 e. The smallest absolute Gasteiger partial charge is 0.0518 e. The molecule has 1 atom stereocenters. The second kappa shape index (κ2) is 5.67. The van der Waals surface area contributed by atoms with Gasteiger partial charge in [0, 0.05) is 45.6 Å². The van der Waals surface area contributed by atoms with Crippen molar-refractivity contribution in [3.05, 3.63) is 47.8 Å². The van der Waals surface area contributed by atoms with Crippen LogP contribution in [-0.4, -0.2) is 29.9 Å². The lowest BCUT2D eigenvalue weighted by molar-refractivity contribution is 0.455. The Hall–Kier alpha value is -1.81. The van der Waals surface area contributed by atoms with Gasteiger partial charge in [0.2, 0.25) is 0 Å². The minimum absolute atomic E-state index is 0.670. The van der Waals surface area contributed by atoms with Crippen LogP contribution in [0, 0.1) is 5.92 Å². The number of hydrogen-bond acceptors (Lipinski definition) is 3. The number of nitrogens with one attached hydrogen (secondary N) is 1. The van der Waals surface area contributed by atoms with E-state index in [0.29, 0.717) is 5.92 Å². The van der Waals surface area contributed by atoms with Crippen molar-refractivity contribution in [2.45, 2.75) is 13.0 Å². The van der Waals surface area contributed by atoms with Crippen molar-refractivity contribution in [3.8, 4) is 0 Å². The summed E-state index contributed by atoms with van der Waals surface area (Å²) in [6, 6.07) is 10.8. The monoisotopic (exact) mass is 270 g/mol. The number of benzene rings is 1. The van der Waals surface area contributed by atoms with Crippen molar-refractivity contribution in [2.75, 3.05) is 25.0 Å². The molecule has 0 saturated carbocycles. The summed E-state index contributed by atoms with van der Waals surface area (Å²) in [4.78, 5) is 2.37. The molecule has 0 fully saturated rings. The van der Waals surface area contributed by atoms with Crippen LogP contribution in [0.5, 0.6) is 0 Å². The van der Waals surface area contributed by atoms with Crippen molar-refractivity contribution in [1.29, 1.82) is 0 Å². The molecule has 0 unspecified atom stereocenters. The molecule has 20 heavy (non-hydrogen) atoms. The molecule has 0 saturated heterocycles. The third kappa shape index (κ3) is 2.70. The van der Waals surface area contributed by atoms with Gasteiger partial charge in [-0.25, -0.2) is 0 Å². The molecule has 1 aliphatic rings. The number of fused-ring (bicyclic) bond motifs is 1. The van der Waals surface area contributed by atoms with Crippen molar-refractivity contribution in [3.63, 3.8) is 0 Å². The number of para-hydroxylation sites is 1. The molecular weight excluding hydrogens is 248 g/mol. The van der Waals surface area contributed by atoms with Crippen LogP contribution in [-0.2, 0) is 20.0 Å². The Morgan fingerprint density at radius 3 is 2.90 bits per heavy atom. The Kier molecular flexibility index (Phi) is 3.74. The second-order valence-corrected chi connectivity index (χ2v) is 5.66. The summed E-state index contributed by atoms with van der Waals surface area (Å²) in [7, 11) is 4.17. The maximum atomic E-state index is 4.19. The minimum Gasteiger partial charge on any atom is -0.374 e. The molecule has 1 N–H and O–H groups in total. The molecule has 1 aliphatic heterocycles. The van der Waals surface area contributed by atoms with Crippen LogP contribution >= 0.6 is 0 Å². The molecule has 0 radical (unpaired) electrons. The summed E-state index contributed by atoms with van der Waals surface area (Å²) in [6.45, 7) is 3.05. The summed E-state index contributed by atoms with van der Waals surface area (Å²) >= 11 is 0. The fourth-order valence-corrected chi connectivity index (χ4v) is 3.03. The van der Waals surface area contributed by atoms with E-state index in [9.17, 15) is 0 Å². The zero-order valence-corrected chi connectivity index (χ0v) is 12.2. The highest BCUT2D eigenvalue weighted by molar-refractivity contribution is 5.55. The van der Waals surface area contributed by atoms with Crippen LogP contribution in [0.4, 0.5) is 5.69 Å². The van der Waals surface area contributed by atoms with Gasteiger partial charge >= 0.3 is 0 Å². The molecule has 1 aromatic heterocycles. The van der Waals surface area contributed by atoms with E-state index in [1.54, 1.807) is 0 Å². The summed E-state index contributed by atoms with van der Waals surface area (Å²) in [5.74, 6) is 0.670. The molecule has 106 valence electrons. The maximum Gasteiger partial charge on any atom is 0.0518 e. The van der Waals surface area contributed by atoms with Gasteiger partial charge in [0.05, 0.1) is 5.69 Å². The number of nitrogens with zero attached hydrogens (tertiary/aromatic N) is 3. The molecule has 0 amide bonds. The molecule has 0 aliphatic carbocycles. The lowest BCUT2D eigenvalue weighted by Crippen LogP contribution is -2.37. The van der Waals surface area contributed by atoms with Gasteiger partial charge in [-0.15, -0.1) is 0 Å². The van der Waals surface area contributed by atoms with Crippen LogP contribution in [0.25, 0.3) is 0 Å². The zero-order chi connectivity index (χ0) is 13.9. The van der Waals surface area contributed by atoms with Crippen LogP contribution in [0.1, 0.15) is 11.3 Å². The highest BCUT2D eigenvalue weighted by Crippen LogP contribution is 2.27. The third-order valence-electron chi connectivity index (χ3n) is 4.11. The first-order valence-corrected chi connectivity index (χ1v) is 7.20. The average Bonchev–Trinajstić information content (AvgIpc) is 2.85. The predicted molar refractivity (Wildman–Crippen MR) is 81.8 cm³/mol. The Balaban J connectivity index is 1.56. The maximum absolute atomic E-state index is 4.19. The standard InChI is InChI=1S/C16H22N4/c1-19-12-13(9-14-5-3-4-6-16(14)19)10-17-11-15-7-8-18-20(15)2/h3-8,13,17H,9-12H2,1-2H3/t13-/m1/s1. The molecule has 2 heterocycles. The van der Waals surface area contributed by atoms with E-state index >= 15 is 0 Å². The van der Waals surface area contributed by atoms with Gasteiger partial charge in [0.15, 0.2) is 0 Å².